The van der Waals surface area contributed by atoms with Crippen LogP contribution in [0.2, 0.25) is 0 Å². The first-order chi connectivity index (χ1) is 9.45. The third-order valence-electron chi connectivity index (χ3n) is 3.63. The highest BCUT2D eigenvalue weighted by molar-refractivity contribution is 5.98. The lowest BCUT2D eigenvalue weighted by Gasteiger charge is -2.30. The van der Waals surface area contributed by atoms with Gasteiger partial charge in [0.15, 0.2) is 0 Å². The Morgan fingerprint density at radius 2 is 2.15 bits per heavy atom. The van der Waals surface area contributed by atoms with E-state index >= 15 is 0 Å². The predicted molar refractivity (Wildman–Crippen MR) is 70.8 cm³/mol. The van der Waals surface area contributed by atoms with E-state index in [0.717, 1.165) is 0 Å². The SMILES string of the molecule is COc1c(C(=O)N2CCCC(C(=O)O)C2)c(C)nn1C. The zero-order valence-electron chi connectivity index (χ0n) is 11.9. The molecule has 0 bridgehead atoms. The van der Waals surface area contributed by atoms with Gasteiger partial charge in [0.1, 0.15) is 5.56 Å². The Balaban J connectivity index is 2.25. The molecule has 1 amide bonds. The molecule has 7 nitrogen and oxygen atoms in total. The van der Waals surface area contributed by atoms with E-state index in [2.05, 4.69) is 5.10 Å². The second kappa shape index (κ2) is 5.52. The second-order valence-electron chi connectivity index (χ2n) is 5.02. The van der Waals surface area contributed by atoms with Crippen LogP contribution in [0.4, 0.5) is 0 Å². The molecule has 7 heteroatoms. The number of carbonyl (C=O) groups excluding carboxylic acids is 1. The summed E-state index contributed by atoms with van der Waals surface area (Å²) in [6.45, 7) is 2.56. The fourth-order valence-corrected chi connectivity index (χ4v) is 2.64. The van der Waals surface area contributed by atoms with Gasteiger partial charge in [-0.25, -0.2) is 4.68 Å². The summed E-state index contributed by atoms with van der Waals surface area (Å²) in [6.07, 6.45) is 1.31. The average molecular weight is 281 g/mol. The van der Waals surface area contributed by atoms with Crippen LogP contribution in [0.1, 0.15) is 28.9 Å². The van der Waals surface area contributed by atoms with Crippen molar-refractivity contribution in [2.75, 3.05) is 20.2 Å². The number of carboxylic acids is 1. The van der Waals surface area contributed by atoms with E-state index < -0.39 is 11.9 Å². The fraction of sp³-hybridized carbons (Fsp3) is 0.615. The Kier molecular flexibility index (Phi) is 3.96. The molecule has 2 heterocycles. The van der Waals surface area contributed by atoms with Gasteiger partial charge in [0.05, 0.1) is 18.7 Å². The maximum Gasteiger partial charge on any atom is 0.308 e. The van der Waals surface area contributed by atoms with E-state index in [-0.39, 0.29) is 12.5 Å². The summed E-state index contributed by atoms with van der Waals surface area (Å²) in [5.74, 6) is -1.14. The Labute approximate surface area is 117 Å². The maximum absolute atomic E-state index is 12.6. The molecule has 110 valence electrons. The molecule has 1 saturated heterocycles. The highest BCUT2D eigenvalue weighted by Gasteiger charge is 2.32. The van der Waals surface area contributed by atoms with E-state index in [1.165, 1.54) is 11.8 Å². The van der Waals surface area contributed by atoms with Crippen LogP contribution in [-0.2, 0) is 11.8 Å². The molecule has 1 aromatic heterocycles. The molecular weight excluding hydrogens is 262 g/mol. The van der Waals surface area contributed by atoms with Crippen molar-refractivity contribution in [3.63, 3.8) is 0 Å². The lowest BCUT2D eigenvalue weighted by atomic mass is 9.97. The number of rotatable bonds is 3. The van der Waals surface area contributed by atoms with Crippen LogP contribution in [0.15, 0.2) is 0 Å². The third kappa shape index (κ3) is 2.48. The van der Waals surface area contributed by atoms with E-state index in [1.54, 1.807) is 18.9 Å². The molecule has 1 aromatic rings. The van der Waals surface area contributed by atoms with Gasteiger partial charge in [0.25, 0.3) is 5.91 Å². The summed E-state index contributed by atoms with van der Waals surface area (Å²) in [5.41, 5.74) is 1.01. The molecule has 1 fully saturated rings. The van der Waals surface area contributed by atoms with Crippen molar-refractivity contribution in [3.05, 3.63) is 11.3 Å². The lowest BCUT2D eigenvalue weighted by molar-refractivity contribution is -0.143. The number of nitrogens with zero attached hydrogens (tertiary/aromatic N) is 3. The van der Waals surface area contributed by atoms with Crippen LogP contribution in [0.3, 0.4) is 0 Å². The Morgan fingerprint density at radius 3 is 2.75 bits per heavy atom. The van der Waals surface area contributed by atoms with Crippen LogP contribution >= 0.6 is 0 Å². The van der Waals surface area contributed by atoms with Gasteiger partial charge in [-0.05, 0) is 19.8 Å². The van der Waals surface area contributed by atoms with E-state index in [0.29, 0.717) is 36.5 Å². The number of hydrogen-bond acceptors (Lipinski definition) is 4. The predicted octanol–water partition coefficient (Wildman–Crippen LogP) is 0.674. The van der Waals surface area contributed by atoms with Crippen molar-refractivity contribution < 1.29 is 19.4 Å². The Bertz CT molecular complexity index is 538. The topological polar surface area (TPSA) is 84.7 Å². The van der Waals surface area contributed by atoms with Crippen LogP contribution in [0.25, 0.3) is 0 Å². The van der Waals surface area contributed by atoms with Crippen molar-refractivity contribution in [2.24, 2.45) is 13.0 Å². The van der Waals surface area contributed by atoms with Crippen LogP contribution in [0.5, 0.6) is 5.88 Å². The number of aliphatic carboxylic acids is 1. The number of carbonyl (C=O) groups is 2. The molecule has 1 aliphatic heterocycles. The average Bonchev–Trinajstić information content (AvgIpc) is 2.71. The van der Waals surface area contributed by atoms with Gasteiger partial charge in [0, 0.05) is 20.1 Å². The van der Waals surface area contributed by atoms with Crippen molar-refractivity contribution in [1.29, 1.82) is 0 Å². The summed E-state index contributed by atoms with van der Waals surface area (Å²) in [6, 6.07) is 0. The summed E-state index contributed by atoms with van der Waals surface area (Å²) >= 11 is 0. The minimum atomic E-state index is -0.850. The first-order valence-electron chi connectivity index (χ1n) is 6.55. The number of carboxylic acid groups (broad SMARTS) is 1. The number of aromatic nitrogens is 2. The molecule has 20 heavy (non-hydrogen) atoms. The number of ether oxygens (including phenoxy) is 1. The van der Waals surface area contributed by atoms with Gasteiger partial charge in [-0.3, -0.25) is 9.59 Å². The fourth-order valence-electron chi connectivity index (χ4n) is 2.64. The van der Waals surface area contributed by atoms with Crippen LogP contribution < -0.4 is 4.74 Å². The summed E-state index contributed by atoms with van der Waals surface area (Å²) < 4.78 is 6.73. The number of likely N-dealkylation sites (tertiary alicyclic amines) is 1. The van der Waals surface area contributed by atoms with Gasteiger partial charge in [-0.1, -0.05) is 0 Å². The number of methoxy groups -OCH3 is 1. The maximum atomic E-state index is 12.6. The Morgan fingerprint density at radius 1 is 1.45 bits per heavy atom. The quantitative estimate of drug-likeness (QED) is 0.880. The smallest absolute Gasteiger partial charge is 0.308 e. The zero-order chi connectivity index (χ0) is 14.9. The van der Waals surface area contributed by atoms with Gasteiger partial charge < -0.3 is 14.7 Å². The first-order valence-corrected chi connectivity index (χ1v) is 6.55. The Hall–Kier alpha value is -2.05. The van der Waals surface area contributed by atoms with Gasteiger partial charge in [0.2, 0.25) is 5.88 Å². The molecule has 0 saturated carbocycles. The number of aryl methyl sites for hydroxylation is 2. The van der Waals surface area contributed by atoms with Crippen molar-refractivity contribution in [1.82, 2.24) is 14.7 Å². The molecule has 0 radical (unpaired) electrons. The number of amides is 1. The summed E-state index contributed by atoms with van der Waals surface area (Å²) in [5, 5.41) is 13.3. The molecular formula is C13H19N3O4. The largest absolute Gasteiger partial charge is 0.481 e. The van der Waals surface area contributed by atoms with Crippen LogP contribution in [0, 0.1) is 12.8 Å². The van der Waals surface area contributed by atoms with Gasteiger partial charge in [-0.15, -0.1) is 0 Å². The number of piperidine rings is 1. The first kappa shape index (κ1) is 14.4. The molecule has 2 rings (SSSR count). The normalized spacial score (nSPS) is 18.9. The molecule has 0 aromatic carbocycles. The standard InChI is InChI=1S/C13H19N3O4/c1-8-10(12(20-3)15(2)14-8)11(17)16-6-4-5-9(7-16)13(18)19/h9H,4-7H2,1-3H3,(H,18,19). The van der Waals surface area contributed by atoms with Crippen molar-refractivity contribution in [2.45, 2.75) is 19.8 Å². The van der Waals surface area contributed by atoms with E-state index in [9.17, 15) is 9.59 Å². The van der Waals surface area contributed by atoms with Crippen molar-refractivity contribution in [3.8, 4) is 5.88 Å². The van der Waals surface area contributed by atoms with E-state index in [4.69, 9.17) is 9.84 Å². The summed E-state index contributed by atoms with van der Waals surface area (Å²) in [7, 11) is 3.20. The molecule has 1 aliphatic rings. The lowest BCUT2D eigenvalue weighted by Crippen LogP contribution is -2.42. The number of hydrogen-bond donors (Lipinski definition) is 1. The molecule has 1 atom stereocenters. The monoisotopic (exact) mass is 281 g/mol. The van der Waals surface area contributed by atoms with Gasteiger partial charge >= 0.3 is 5.97 Å². The summed E-state index contributed by atoms with van der Waals surface area (Å²) in [4.78, 5) is 25.2. The minimum absolute atomic E-state index is 0.210. The van der Waals surface area contributed by atoms with Crippen molar-refractivity contribution >= 4 is 11.9 Å². The highest BCUT2D eigenvalue weighted by Crippen LogP contribution is 2.25. The zero-order valence-corrected chi connectivity index (χ0v) is 11.9. The molecule has 0 spiro atoms. The highest BCUT2D eigenvalue weighted by atomic mass is 16.5. The second-order valence-corrected chi connectivity index (χ2v) is 5.02. The molecule has 1 unspecified atom stereocenters. The minimum Gasteiger partial charge on any atom is -0.481 e. The third-order valence-corrected chi connectivity index (χ3v) is 3.63. The van der Waals surface area contributed by atoms with E-state index in [1.807, 2.05) is 0 Å². The van der Waals surface area contributed by atoms with Crippen LogP contribution in [-0.4, -0.2) is 51.9 Å². The van der Waals surface area contributed by atoms with Gasteiger partial charge in [-0.2, -0.15) is 5.10 Å². The molecule has 1 N–H and O–H groups in total. The molecule has 0 aliphatic carbocycles.